The molecule has 0 N–H and O–H groups in total. The number of nitrogens with zero attached hydrogens (tertiary/aromatic N) is 2. The van der Waals surface area contributed by atoms with Gasteiger partial charge in [0.15, 0.2) is 0 Å². The molecule has 0 aromatic heterocycles. The summed E-state index contributed by atoms with van der Waals surface area (Å²) in [6, 6.07) is 4.23. The van der Waals surface area contributed by atoms with Crippen LogP contribution < -0.4 is 4.90 Å². The average Bonchev–Trinajstić information content (AvgIpc) is 2.51. The number of nitro groups is 1. The molecule has 16 heavy (non-hydrogen) atoms. The summed E-state index contributed by atoms with van der Waals surface area (Å²) in [6.07, 6.45) is 0. The summed E-state index contributed by atoms with van der Waals surface area (Å²) in [7, 11) is 0. The summed E-state index contributed by atoms with van der Waals surface area (Å²) in [4.78, 5) is 34.4. The lowest BCUT2D eigenvalue weighted by Crippen LogP contribution is -2.29. The van der Waals surface area contributed by atoms with E-state index in [1.807, 2.05) is 0 Å². The number of carbonyl (C=O) groups is 2. The van der Waals surface area contributed by atoms with Crippen molar-refractivity contribution in [1.29, 1.82) is 0 Å². The van der Waals surface area contributed by atoms with Crippen LogP contribution in [0.1, 0.15) is 17.3 Å². The van der Waals surface area contributed by atoms with E-state index >= 15 is 0 Å². The van der Waals surface area contributed by atoms with E-state index in [4.69, 9.17) is 0 Å². The highest BCUT2D eigenvalue weighted by Gasteiger charge is 2.40. The van der Waals surface area contributed by atoms with Crippen LogP contribution in [0.3, 0.4) is 0 Å². The molecule has 0 spiro atoms. The summed E-state index contributed by atoms with van der Waals surface area (Å²) >= 11 is 0. The lowest BCUT2D eigenvalue weighted by Gasteiger charge is -2.12. The van der Waals surface area contributed by atoms with Gasteiger partial charge in [-0.3, -0.25) is 19.7 Å². The Kier molecular flexibility index (Phi) is 2.19. The molecule has 1 heterocycles. The van der Waals surface area contributed by atoms with Crippen LogP contribution in [0.4, 0.5) is 11.4 Å². The van der Waals surface area contributed by atoms with E-state index in [0.29, 0.717) is 12.2 Å². The Labute approximate surface area is 90.6 Å². The number of carbonyl (C=O) groups excluding carboxylic acids is 2. The lowest BCUT2D eigenvalue weighted by atomic mass is 10.1. The molecular weight excluding hydrogens is 212 g/mol. The summed E-state index contributed by atoms with van der Waals surface area (Å²) < 4.78 is 0. The number of Topliss-reactive ketones (excluding diaryl/α,β-unsaturated/α-hetero) is 1. The first-order chi connectivity index (χ1) is 7.57. The van der Waals surface area contributed by atoms with Crippen molar-refractivity contribution >= 4 is 23.1 Å². The van der Waals surface area contributed by atoms with E-state index in [1.165, 1.54) is 23.1 Å². The molecule has 0 saturated heterocycles. The topological polar surface area (TPSA) is 80.5 Å². The molecule has 2 rings (SSSR count). The van der Waals surface area contributed by atoms with Gasteiger partial charge in [0, 0.05) is 12.6 Å². The maximum absolute atomic E-state index is 11.6. The maximum atomic E-state index is 11.6. The fourth-order valence-corrected chi connectivity index (χ4v) is 1.79. The van der Waals surface area contributed by atoms with Gasteiger partial charge in [0.1, 0.15) is 5.56 Å². The Hall–Kier alpha value is -2.24. The van der Waals surface area contributed by atoms with E-state index in [2.05, 4.69) is 0 Å². The van der Waals surface area contributed by atoms with Crippen LogP contribution in [0.2, 0.25) is 0 Å². The predicted octanol–water partition coefficient (Wildman–Crippen LogP) is 1.14. The van der Waals surface area contributed by atoms with Gasteiger partial charge in [-0.15, -0.1) is 0 Å². The molecule has 1 aromatic rings. The van der Waals surface area contributed by atoms with Crippen LogP contribution in [0.15, 0.2) is 18.2 Å². The third kappa shape index (κ3) is 1.19. The average molecular weight is 220 g/mol. The SMILES string of the molecule is CCN1C(=O)C(=O)c2c1cccc2[N+](=O)[O-]. The number of fused-ring (bicyclic) bond motifs is 1. The molecule has 6 nitrogen and oxygen atoms in total. The van der Waals surface area contributed by atoms with Crippen molar-refractivity contribution in [3.8, 4) is 0 Å². The first-order valence-corrected chi connectivity index (χ1v) is 4.71. The zero-order valence-corrected chi connectivity index (χ0v) is 8.47. The van der Waals surface area contributed by atoms with E-state index in [0.717, 1.165) is 0 Å². The molecule has 0 saturated carbocycles. The van der Waals surface area contributed by atoms with E-state index in [1.54, 1.807) is 6.92 Å². The molecule has 1 amide bonds. The Morgan fingerprint density at radius 2 is 2.06 bits per heavy atom. The van der Waals surface area contributed by atoms with Gasteiger partial charge in [0.2, 0.25) is 0 Å². The number of anilines is 1. The smallest absolute Gasteiger partial charge is 0.299 e. The number of ketones is 1. The third-order valence-electron chi connectivity index (χ3n) is 2.49. The van der Waals surface area contributed by atoms with Crippen LogP contribution in [-0.2, 0) is 4.79 Å². The Balaban J connectivity index is 2.70. The monoisotopic (exact) mass is 220 g/mol. The second-order valence-electron chi connectivity index (χ2n) is 3.31. The molecule has 1 aromatic carbocycles. The second-order valence-corrected chi connectivity index (χ2v) is 3.31. The number of benzene rings is 1. The third-order valence-corrected chi connectivity index (χ3v) is 2.49. The number of nitro benzene ring substituents is 1. The van der Waals surface area contributed by atoms with Crippen molar-refractivity contribution in [3.63, 3.8) is 0 Å². The van der Waals surface area contributed by atoms with Gasteiger partial charge in [-0.2, -0.15) is 0 Å². The van der Waals surface area contributed by atoms with Gasteiger partial charge < -0.3 is 4.90 Å². The molecule has 0 bridgehead atoms. The van der Waals surface area contributed by atoms with Gasteiger partial charge in [0.05, 0.1) is 10.6 Å². The molecule has 0 radical (unpaired) electrons. The van der Waals surface area contributed by atoms with E-state index in [-0.39, 0.29) is 11.3 Å². The van der Waals surface area contributed by atoms with Gasteiger partial charge in [-0.05, 0) is 13.0 Å². The number of amides is 1. The molecule has 82 valence electrons. The van der Waals surface area contributed by atoms with Crippen molar-refractivity contribution in [2.75, 3.05) is 11.4 Å². The Morgan fingerprint density at radius 1 is 1.38 bits per heavy atom. The second kappa shape index (κ2) is 3.41. The summed E-state index contributed by atoms with van der Waals surface area (Å²) in [5, 5.41) is 10.7. The zero-order valence-electron chi connectivity index (χ0n) is 8.47. The number of hydrogen-bond acceptors (Lipinski definition) is 4. The summed E-state index contributed by atoms with van der Waals surface area (Å²) in [6.45, 7) is 2.03. The van der Waals surface area contributed by atoms with Gasteiger partial charge in [-0.1, -0.05) is 6.07 Å². The van der Waals surface area contributed by atoms with Crippen molar-refractivity contribution < 1.29 is 14.5 Å². The minimum atomic E-state index is -0.802. The largest absolute Gasteiger partial charge is 0.305 e. The number of likely N-dealkylation sites (N-methyl/N-ethyl adjacent to an activating group) is 1. The first-order valence-electron chi connectivity index (χ1n) is 4.71. The predicted molar refractivity (Wildman–Crippen MR) is 55.5 cm³/mol. The summed E-state index contributed by atoms with van der Waals surface area (Å²) in [5.74, 6) is -1.50. The van der Waals surface area contributed by atoms with Crippen LogP contribution in [0, 0.1) is 10.1 Å². The van der Waals surface area contributed by atoms with Crippen LogP contribution in [0.25, 0.3) is 0 Å². The zero-order chi connectivity index (χ0) is 11.9. The lowest BCUT2D eigenvalue weighted by molar-refractivity contribution is -0.385. The Morgan fingerprint density at radius 3 is 2.62 bits per heavy atom. The van der Waals surface area contributed by atoms with Gasteiger partial charge in [-0.25, -0.2) is 0 Å². The van der Waals surface area contributed by atoms with Crippen LogP contribution in [-0.4, -0.2) is 23.2 Å². The quantitative estimate of drug-likeness (QED) is 0.425. The number of rotatable bonds is 2. The van der Waals surface area contributed by atoms with Crippen molar-refractivity contribution in [2.45, 2.75) is 6.92 Å². The standard InChI is InChI=1S/C10H8N2O4/c1-2-11-6-4-3-5-7(12(15)16)8(6)9(13)10(11)14/h3-5H,2H2,1H3. The highest BCUT2D eigenvalue weighted by molar-refractivity contribution is 6.53. The van der Waals surface area contributed by atoms with Gasteiger partial charge >= 0.3 is 0 Å². The van der Waals surface area contributed by atoms with Gasteiger partial charge in [0.25, 0.3) is 17.4 Å². The van der Waals surface area contributed by atoms with E-state index in [9.17, 15) is 19.7 Å². The minimum absolute atomic E-state index is 0.0978. The van der Waals surface area contributed by atoms with Crippen molar-refractivity contribution in [1.82, 2.24) is 0 Å². The fraction of sp³-hybridized carbons (Fsp3) is 0.200. The number of hydrogen-bond donors (Lipinski definition) is 0. The maximum Gasteiger partial charge on any atom is 0.299 e. The minimum Gasteiger partial charge on any atom is -0.305 e. The highest BCUT2D eigenvalue weighted by atomic mass is 16.6. The normalized spacial score (nSPS) is 14.2. The molecule has 6 heteroatoms. The fourth-order valence-electron chi connectivity index (χ4n) is 1.79. The van der Waals surface area contributed by atoms with Crippen molar-refractivity contribution in [2.24, 2.45) is 0 Å². The molecule has 1 aliphatic heterocycles. The van der Waals surface area contributed by atoms with Crippen LogP contribution >= 0.6 is 0 Å². The van der Waals surface area contributed by atoms with Crippen LogP contribution in [0.5, 0.6) is 0 Å². The van der Waals surface area contributed by atoms with Crippen molar-refractivity contribution in [3.05, 3.63) is 33.9 Å². The molecule has 0 unspecified atom stereocenters. The molecule has 0 atom stereocenters. The molecule has 0 fully saturated rings. The molecule has 0 aliphatic carbocycles. The first kappa shape index (κ1) is 10.3. The molecular formula is C10H8N2O4. The molecule has 1 aliphatic rings. The van der Waals surface area contributed by atoms with E-state index < -0.39 is 16.6 Å². The highest BCUT2D eigenvalue weighted by Crippen LogP contribution is 2.34. The Bertz CT molecular complexity index is 510. The summed E-state index contributed by atoms with van der Waals surface area (Å²) in [5.41, 5.74) is -0.0853.